The Balaban J connectivity index is 1.79. The molecule has 0 aliphatic carbocycles. The van der Waals surface area contributed by atoms with Crippen LogP contribution in [0.2, 0.25) is 0 Å². The zero-order valence-electron chi connectivity index (χ0n) is 12.8. The number of hydrazine groups is 1. The Morgan fingerprint density at radius 2 is 2.00 bits per heavy atom. The number of rotatable bonds is 3. The van der Waals surface area contributed by atoms with Gasteiger partial charge in [-0.15, -0.1) is 0 Å². The van der Waals surface area contributed by atoms with E-state index in [0.717, 1.165) is 45.5 Å². The molecule has 2 heterocycles. The molecular weight excluding hydrogens is 264 g/mol. The number of benzene rings is 1. The van der Waals surface area contributed by atoms with Gasteiger partial charge in [-0.25, -0.2) is 0 Å². The van der Waals surface area contributed by atoms with Crippen molar-refractivity contribution in [3.63, 3.8) is 0 Å². The van der Waals surface area contributed by atoms with Crippen molar-refractivity contribution in [3.05, 3.63) is 35.4 Å². The predicted octanol–water partition coefficient (Wildman–Crippen LogP) is 2.48. The van der Waals surface area contributed by atoms with Crippen molar-refractivity contribution in [2.75, 3.05) is 19.8 Å². The highest BCUT2D eigenvalue weighted by Crippen LogP contribution is 2.42. The molecule has 21 heavy (non-hydrogen) atoms. The average Bonchev–Trinajstić information content (AvgIpc) is 2.51. The second-order valence-electron chi connectivity index (χ2n) is 6.40. The van der Waals surface area contributed by atoms with E-state index in [-0.39, 0.29) is 11.6 Å². The fourth-order valence-corrected chi connectivity index (χ4v) is 3.86. The first-order valence-corrected chi connectivity index (χ1v) is 7.97. The van der Waals surface area contributed by atoms with Crippen molar-refractivity contribution in [1.82, 2.24) is 5.43 Å². The number of aryl methyl sites for hydroxylation is 1. The minimum absolute atomic E-state index is 0.0128. The van der Waals surface area contributed by atoms with Crippen molar-refractivity contribution < 1.29 is 9.47 Å². The summed E-state index contributed by atoms with van der Waals surface area (Å²) in [7, 11) is 0. The third-order valence-electron chi connectivity index (χ3n) is 5.11. The molecule has 2 aliphatic rings. The molecule has 4 heteroatoms. The maximum Gasteiger partial charge on any atom is 0.0729 e. The van der Waals surface area contributed by atoms with Gasteiger partial charge in [0, 0.05) is 25.9 Å². The average molecular weight is 290 g/mol. The largest absolute Gasteiger partial charge is 0.381 e. The van der Waals surface area contributed by atoms with Gasteiger partial charge >= 0.3 is 0 Å². The van der Waals surface area contributed by atoms with Crippen LogP contribution < -0.4 is 11.3 Å². The molecule has 3 rings (SSSR count). The molecule has 2 atom stereocenters. The minimum Gasteiger partial charge on any atom is -0.381 e. The molecule has 0 saturated carbocycles. The van der Waals surface area contributed by atoms with E-state index >= 15 is 0 Å². The fourth-order valence-electron chi connectivity index (χ4n) is 3.86. The normalized spacial score (nSPS) is 26.7. The first kappa shape index (κ1) is 15.0. The summed E-state index contributed by atoms with van der Waals surface area (Å²) in [6, 6.07) is 8.72. The highest BCUT2D eigenvalue weighted by molar-refractivity contribution is 5.29. The maximum absolute atomic E-state index is 6.15. The summed E-state index contributed by atoms with van der Waals surface area (Å²) >= 11 is 0. The summed E-state index contributed by atoms with van der Waals surface area (Å²) in [6.45, 7) is 4.62. The molecule has 0 amide bonds. The highest BCUT2D eigenvalue weighted by Gasteiger charge is 2.41. The molecule has 2 saturated heterocycles. The van der Waals surface area contributed by atoms with Crippen LogP contribution in [0.25, 0.3) is 0 Å². The van der Waals surface area contributed by atoms with Crippen LogP contribution in [0, 0.1) is 12.8 Å². The molecular formula is C17H26N2O2. The topological polar surface area (TPSA) is 56.5 Å². The second kappa shape index (κ2) is 6.44. The number of hydrogen-bond donors (Lipinski definition) is 2. The van der Waals surface area contributed by atoms with Gasteiger partial charge in [0.25, 0.3) is 0 Å². The second-order valence-corrected chi connectivity index (χ2v) is 6.40. The third-order valence-corrected chi connectivity index (χ3v) is 5.11. The van der Waals surface area contributed by atoms with Crippen LogP contribution >= 0.6 is 0 Å². The molecule has 1 aromatic rings. The van der Waals surface area contributed by atoms with Crippen molar-refractivity contribution >= 4 is 0 Å². The van der Waals surface area contributed by atoms with Gasteiger partial charge in [0.05, 0.1) is 5.60 Å². The Morgan fingerprint density at radius 1 is 1.24 bits per heavy atom. The number of ether oxygens (including phenoxy) is 2. The molecule has 0 aromatic heterocycles. The molecule has 1 spiro atoms. The Morgan fingerprint density at radius 3 is 2.71 bits per heavy atom. The van der Waals surface area contributed by atoms with Gasteiger partial charge < -0.3 is 9.47 Å². The molecule has 2 unspecified atom stereocenters. The molecule has 3 N–H and O–H groups in total. The first-order chi connectivity index (χ1) is 10.2. The molecule has 2 aliphatic heterocycles. The van der Waals surface area contributed by atoms with Gasteiger partial charge in [-0.05, 0) is 49.7 Å². The minimum atomic E-state index is 0.0128. The van der Waals surface area contributed by atoms with E-state index in [4.69, 9.17) is 15.3 Å². The van der Waals surface area contributed by atoms with Crippen LogP contribution in [0.1, 0.15) is 42.9 Å². The SMILES string of the molecule is Cc1ccccc1C(NN)C1CCOC2(CCOCC2)C1. The van der Waals surface area contributed by atoms with Crippen molar-refractivity contribution in [2.24, 2.45) is 11.8 Å². The van der Waals surface area contributed by atoms with Gasteiger partial charge in [-0.1, -0.05) is 24.3 Å². The molecule has 0 radical (unpaired) electrons. The highest BCUT2D eigenvalue weighted by atomic mass is 16.5. The van der Waals surface area contributed by atoms with E-state index in [2.05, 4.69) is 36.6 Å². The lowest BCUT2D eigenvalue weighted by atomic mass is 9.76. The van der Waals surface area contributed by atoms with Crippen molar-refractivity contribution in [1.29, 1.82) is 0 Å². The Bertz CT molecular complexity index is 466. The molecule has 1 aromatic carbocycles. The van der Waals surface area contributed by atoms with E-state index in [0.29, 0.717) is 5.92 Å². The fraction of sp³-hybridized carbons (Fsp3) is 0.647. The van der Waals surface area contributed by atoms with E-state index in [1.165, 1.54) is 11.1 Å². The summed E-state index contributed by atoms with van der Waals surface area (Å²) in [5, 5.41) is 0. The van der Waals surface area contributed by atoms with Gasteiger partial charge in [0.15, 0.2) is 0 Å². The smallest absolute Gasteiger partial charge is 0.0729 e. The van der Waals surface area contributed by atoms with Crippen LogP contribution in [0.3, 0.4) is 0 Å². The summed E-state index contributed by atoms with van der Waals surface area (Å²) in [5.74, 6) is 6.42. The Hall–Kier alpha value is -0.940. The van der Waals surface area contributed by atoms with Crippen LogP contribution in [0.4, 0.5) is 0 Å². The monoisotopic (exact) mass is 290 g/mol. The predicted molar refractivity (Wildman–Crippen MR) is 82.7 cm³/mol. The van der Waals surface area contributed by atoms with E-state index in [1.54, 1.807) is 0 Å². The zero-order valence-corrected chi connectivity index (χ0v) is 12.8. The van der Waals surface area contributed by atoms with Gasteiger partial charge in [0.2, 0.25) is 0 Å². The molecule has 116 valence electrons. The van der Waals surface area contributed by atoms with Crippen molar-refractivity contribution in [2.45, 2.75) is 44.2 Å². The lowest BCUT2D eigenvalue weighted by molar-refractivity contribution is -0.150. The van der Waals surface area contributed by atoms with Crippen LogP contribution in [0.5, 0.6) is 0 Å². The van der Waals surface area contributed by atoms with Gasteiger partial charge in [0.1, 0.15) is 0 Å². The molecule has 4 nitrogen and oxygen atoms in total. The summed E-state index contributed by atoms with van der Waals surface area (Å²) in [4.78, 5) is 0. The lowest BCUT2D eigenvalue weighted by Gasteiger charge is -2.45. The summed E-state index contributed by atoms with van der Waals surface area (Å²) in [5.41, 5.74) is 5.69. The van der Waals surface area contributed by atoms with E-state index in [1.807, 2.05) is 0 Å². The standard InChI is InChI=1S/C17H26N2O2/c1-13-4-2-3-5-15(13)16(19-18)14-6-9-21-17(12-14)7-10-20-11-8-17/h2-5,14,16,19H,6-12,18H2,1H3. The van der Waals surface area contributed by atoms with Crippen LogP contribution in [-0.4, -0.2) is 25.4 Å². The van der Waals surface area contributed by atoms with Crippen molar-refractivity contribution in [3.8, 4) is 0 Å². The number of hydrogen-bond acceptors (Lipinski definition) is 4. The van der Waals surface area contributed by atoms with E-state index in [9.17, 15) is 0 Å². The quantitative estimate of drug-likeness (QED) is 0.663. The number of nitrogens with one attached hydrogen (secondary N) is 1. The lowest BCUT2D eigenvalue weighted by Crippen LogP contribution is -2.47. The molecule has 0 bridgehead atoms. The number of nitrogens with two attached hydrogens (primary N) is 1. The third kappa shape index (κ3) is 3.14. The maximum atomic E-state index is 6.15. The van der Waals surface area contributed by atoms with Crippen LogP contribution in [-0.2, 0) is 9.47 Å². The Labute approximate surface area is 127 Å². The first-order valence-electron chi connectivity index (χ1n) is 7.97. The van der Waals surface area contributed by atoms with E-state index < -0.39 is 0 Å². The molecule has 2 fully saturated rings. The summed E-state index contributed by atoms with van der Waals surface area (Å²) in [6.07, 6.45) is 4.15. The van der Waals surface area contributed by atoms with Gasteiger partial charge in [-0.2, -0.15) is 0 Å². The summed E-state index contributed by atoms with van der Waals surface area (Å²) < 4.78 is 11.7. The van der Waals surface area contributed by atoms with Crippen LogP contribution in [0.15, 0.2) is 24.3 Å². The zero-order chi connectivity index (χ0) is 14.7. The Kier molecular flexibility index (Phi) is 4.60. The van der Waals surface area contributed by atoms with Gasteiger partial charge in [-0.3, -0.25) is 11.3 Å².